The van der Waals surface area contributed by atoms with Crippen LogP contribution in [0.5, 0.6) is 0 Å². The van der Waals surface area contributed by atoms with Gasteiger partial charge in [0.2, 0.25) is 0 Å². The molecule has 0 aliphatic heterocycles. The van der Waals surface area contributed by atoms with E-state index in [4.69, 9.17) is 11.6 Å². The third-order valence-corrected chi connectivity index (χ3v) is 3.79. The van der Waals surface area contributed by atoms with Crippen LogP contribution in [0.2, 0.25) is 5.02 Å². The lowest BCUT2D eigenvalue weighted by Crippen LogP contribution is -2.32. The van der Waals surface area contributed by atoms with Crippen molar-refractivity contribution >= 4 is 11.6 Å². The number of halogens is 1. The molecule has 0 bridgehead atoms. The molecule has 0 spiro atoms. The zero-order valence-electron chi connectivity index (χ0n) is 11.9. The molecule has 0 aromatic carbocycles. The largest absolute Gasteiger partial charge is 0.316 e. The Morgan fingerprint density at radius 3 is 2.67 bits per heavy atom. The lowest BCUT2D eigenvalue weighted by atomic mass is 9.85. The van der Waals surface area contributed by atoms with Gasteiger partial charge in [-0.05, 0) is 20.4 Å². The summed E-state index contributed by atoms with van der Waals surface area (Å²) >= 11 is 6.35. The van der Waals surface area contributed by atoms with E-state index in [0.29, 0.717) is 0 Å². The van der Waals surface area contributed by atoms with E-state index in [1.54, 1.807) is 0 Å². The third kappa shape index (κ3) is 3.36. The van der Waals surface area contributed by atoms with Crippen LogP contribution in [-0.4, -0.2) is 22.9 Å². The van der Waals surface area contributed by atoms with E-state index in [0.717, 1.165) is 42.5 Å². The van der Waals surface area contributed by atoms with Crippen LogP contribution >= 0.6 is 11.6 Å². The zero-order chi connectivity index (χ0) is 13.8. The van der Waals surface area contributed by atoms with Crippen molar-refractivity contribution in [3.05, 3.63) is 29.1 Å². The molecule has 0 aliphatic rings. The van der Waals surface area contributed by atoms with Crippen LogP contribution in [0, 0.1) is 12.3 Å². The van der Waals surface area contributed by atoms with Crippen molar-refractivity contribution in [2.45, 2.75) is 40.7 Å². The fourth-order valence-corrected chi connectivity index (χ4v) is 2.24. The Kier molecular flexibility index (Phi) is 5.42. The van der Waals surface area contributed by atoms with Crippen LogP contribution in [0.15, 0.2) is 12.7 Å². The smallest absolute Gasteiger partial charge is 0.0847 e. The summed E-state index contributed by atoms with van der Waals surface area (Å²) in [6, 6.07) is 0. The fourth-order valence-electron chi connectivity index (χ4n) is 2.04. The summed E-state index contributed by atoms with van der Waals surface area (Å²) in [5, 5.41) is 8.63. The second-order valence-electron chi connectivity index (χ2n) is 4.98. The summed E-state index contributed by atoms with van der Waals surface area (Å²) in [5.74, 6) is 0. The molecule has 0 aliphatic carbocycles. The predicted octanol–water partition coefficient (Wildman–Crippen LogP) is 3.21. The van der Waals surface area contributed by atoms with Gasteiger partial charge in [0.15, 0.2) is 0 Å². The molecule has 1 unspecified atom stereocenters. The normalized spacial score (nSPS) is 14.5. The zero-order valence-corrected chi connectivity index (χ0v) is 12.6. The highest BCUT2D eigenvalue weighted by Crippen LogP contribution is 2.29. The van der Waals surface area contributed by atoms with Crippen molar-refractivity contribution in [1.82, 2.24) is 15.1 Å². The lowest BCUT2D eigenvalue weighted by Gasteiger charge is -2.26. The molecular weight excluding hydrogens is 246 g/mol. The van der Waals surface area contributed by atoms with Gasteiger partial charge in [-0.3, -0.25) is 4.68 Å². The number of aryl methyl sites for hydroxylation is 2. The maximum Gasteiger partial charge on any atom is 0.0847 e. The van der Waals surface area contributed by atoms with Gasteiger partial charge in [0.25, 0.3) is 0 Å². The molecule has 0 saturated carbocycles. The number of rotatable bonds is 7. The van der Waals surface area contributed by atoms with Crippen molar-refractivity contribution in [3.8, 4) is 0 Å². The first-order valence-electron chi connectivity index (χ1n) is 6.53. The molecule has 102 valence electrons. The Bertz CT molecular complexity index is 411. The van der Waals surface area contributed by atoms with Gasteiger partial charge in [0.1, 0.15) is 0 Å². The van der Waals surface area contributed by atoms with Gasteiger partial charge < -0.3 is 5.32 Å². The molecular formula is C14H24ClN3. The van der Waals surface area contributed by atoms with Gasteiger partial charge in [-0.1, -0.05) is 31.5 Å². The van der Waals surface area contributed by atoms with E-state index < -0.39 is 0 Å². The first kappa shape index (κ1) is 15.3. The van der Waals surface area contributed by atoms with Crippen LogP contribution in [-0.2, 0) is 13.0 Å². The van der Waals surface area contributed by atoms with Crippen molar-refractivity contribution in [1.29, 1.82) is 0 Å². The lowest BCUT2D eigenvalue weighted by molar-refractivity contribution is 0.382. The van der Waals surface area contributed by atoms with Crippen LogP contribution in [0.1, 0.15) is 32.2 Å². The third-order valence-electron chi connectivity index (χ3n) is 3.30. The van der Waals surface area contributed by atoms with Gasteiger partial charge >= 0.3 is 0 Å². The van der Waals surface area contributed by atoms with Crippen molar-refractivity contribution in [2.75, 3.05) is 13.1 Å². The molecule has 0 amide bonds. The molecule has 3 nitrogen and oxygen atoms in total. The van der Waals surface area contributed by atoms with Crippen LogP contribution in [0.4, 0.5) is 0 Å². The average molecular weight is 270 g/mol. The first-order chi connectivity index (χ1) is 8.47. The predicted molar refractivity (Wildman–Crippen MR) is 78.2 cm³/mol. The first-order valence-corrected chi connectivity index (χ1v) is 6.91. The minimum atomic E-state index is -0.000949. The van der Waals surface area contributed by atoms with E-state index in [2.05, 4.69) is 37.8 Å². The standard InChI is InChI=1S/C14H24ClN3/c1-6-14(5,10-16-7-2)9-12-13(15)11(4)17-18(12)8-3/h6,16H,1,7-10H2,2-5H3. The summed E-state index contributed by atoms with van der Waals surface area (Å²) in [6.07, 6.45) is 2.87. The second kappa shape index (κ2) is 6.39. The second-order valence-corrected chi connectivity index (χ2v) is 5.36. The summed E-state index contributed by atoms with van der Waals surface area (Å²) in [7, 11) is 0. The van der Waals surface area contributed by atoms with E-state index in [9.17, 15) is 0 Å². The number of nitrogens with zero attached hydrogens (tertiary/aromatic N) is 2. The Balaban J connectivity index is 2.97. The van der Waals surface area contributed by atoms with Crippen LogP contribution in [0.25, 0.3) is 0 Å². The Morgan fingerprint density at radius 1 is 1.50 bits per heavy atom. The van der Waals surface area contributed by atoms with E-state index >= 15 is 0 Å². The molecule has 4 heteroatoms. The Labute approximate surface area is 115 Å². The molecule has 1 atom stereocenters. The quantitative estimate of drug-likeness (QED) is 0.771. The van der Waals surface area contributed by atoms with Gasteiger partial charge in [0.05, 0.1) is 16.4 Å². The van der Waals surface area contributed by atoms with Crippen molar-refractivity contribution < 1.29 is 0 Å². The molecule has 1 aromatic heterocycles. The molecule has 18 heavy (non-hydrogen) atoms. The maximum atomic E-state index is 6.35. The van der Waals surface area contributed by atoms with Gasteiger partial charge in [0, 0.05) is 24.9 Å². The summed E-state index contributed by atoms with van der Waals surface area (Å²) in [5.41, 5.74) is 2.01. The summed E-state index contributed by atoms with van der Waals surface area (Å²) in [4.78, 5) is 0. The SMILES string of the molecule is C=CC(C)(CNCC)Cc1c(Cl)c(C)nn1CC. The summed E-state index contributed by atoms with van der Waals surface area (Å²) < 4.78 is 1.99. The Hall–Kier alpha value is -0.800. The molecule has 0 saturated heterocycles. The molecule has 1 rings (SSSR count). The van der Waals surface area contributed by atoms with Gasteiger partial charge in [-0.25, -0.2) is 0 Å². The molecule has 0 fully saturated rings. The van der Waals surface area contributed by atoms with Crippen LogP contribution in [0.3, 0.4) is 0 Å². The van der Waals surface area contributed by atoms with Crippen molar-refractivity contribution in [2.24, 2.45) is 5.41 Å². The number of hydrogen-bond acceptors (Lipinski definition) is 2. The molecule has 0 radical (unpaired) electrons. The van der Waals surface area contributed by atoms with Crippen molar-refractivity contribution in [3.63, 3.8) is 0 Å². The monoisotopic (exact) mass is 269 g/mol. The van der Waals surface area contributed by atoms with Gasteiger partial charge in [-0.2, -0.15) is 5.10 Å². The van der Waals surface area contributed by atoms with Gasteiger partial charge in [-0.15, -0.1) is 6.58 Å². The number of aromatic nitrogens is 2. The minimum absolute atomic E-state index is 0.000949. The van der Waals surface area contributed by atoms with E-state index in [-0.39, 0.29) is 5.41 Å². The minimum Gasteiger partial charge on any atom is -0.316 e. The highest BCUT2D eigenvalue weighted by atomic mass is 35.5. The fraction of sp³-hybridized carbons (Fsp3) is 0.643. The maximum absolute atomic E-state index is 6.35. The highest BCUT2D eigenvalue weighted by Gasteiger charge is 2.25. The molecule has 1 N–H and O–H groups in total. The topological polar surface area (TPSA) is 29.9 Å². The van der Waals surface area contributed by atoms with E-state index in [1.807, 2.05) is 17.7 Å². The highest BCUT2D eigenvalue weighted by molar-refractivity contribution is 6.31. The number of hydrogen-bond donors (Lipinski definition) is 1. The molecule has 1 heterocycles. The van der Waals surface area contributed by atoms with E-state index in [1.165, 1.54) is 0 Å². The van der Waals surface area contributed by atoms with Crippen LogP contribution < -0.4 is 5.32 Å². The Morgan fingerprint density at radius 2 is 2.17 bits per heavy atom. The average Bonchev–Trinajstić information content (AvgIpc) is 2.64. The summed E-state index contributed by atoms with van der Waals surface area (Å²) in [6.45, 7) is 15.0. The molecule has 1 aromatic rings. The number of nitrogens with one attached hydrogen (secondary N) is 1.